The van der Waals surface area contributed by atoms with E-state index in [-0.39, 0.29) is 5.75 Å². The van der Waals surface area contributed by atoms with Crippen molar-refractivity contribution in [2.45, 2.75) is 31.8 Å². The van der Waals surface area contributed by atoms with Crippen LogP contribution in [-0.2, 0) is 6.54 Å². The number of nitrogens with one attached hydrogen (secondary N) is 2. The SMILES string of the molecule is Cc1[nH]nc2nc(-c3ccc(O)cc3)cc(CN3CCNCC34CC4)c12. The van der Waals surface area contributed by atoms with Gasteiger partial charge in [0.15, 0.2) is 5.65 Å². The van der Waals surface area contributed by atoms with Gasteiger partial charge in [0.05, 0.1) is 5.69 Å². The lowest BCUT2D eigenvalue weighted by molar-refractivity contribution is 0.135. The minimum Gasteiger partial charge on any atom is -0.508 e. The maximum atomic E-state index is 9.56. The van der Waals surface area contributed by atoms with E-state index in [1.807, 2.05) is 12.1 Å². The van der Waals surface area contributed by atoms with Crippen molar-refractivity contribution in [1.82, 2.24) is 25.4 Å². The lowest BCUT2D eigenvalue weighted by atomic mass is 10.0. The molecule has 1 aromatic carbocycles. The summed E-state index contributed by atoms with van der Waals surface area (Å²) in [5.74, 6) is 0.266. The van der Waals surface area contributed by atoms with Crippen LogP contribution in [0.3, 0.4) is 0 Å². The number of phenols is 1. The number of hydrogen-bond donors (Lipinski definition) is 3. The first-order chi connectivity index (χ1) is 12.6. The third-order valence-electron chi connectivity index (χ3n) is 5.82. The Kier molecular flexibility index (Phi) is 3.52. The Hall–Kier alpha value is -2.44. The lowest BCUT2D eigenvalue weighted by Crippen LogP contribution is -2.52. The van der Waals surface area contributed by atoms with E-state index in [0.29, 0.717) is 5.54 Å². The van der Waals surface area contributed by atoms with Crippen molar-refractivity contribution in [3.63, 3.8) is 0 Å². The molecule has 5 rings (SSSR count). The average molecular weight is 349 g/mol. The number of fused-ring (bicyclic) bond motifs is 1. The van der Waals surface area contributed by atoms with Crippen molar-refractivity contribution in [2.75, 3.05) is 19.6 Å². The van der Waals surface area contributed by atoms with Gasteiger partial charge in [0.25, 0.3) is 0 Å². The van der Waals surface area contributed by atoms with Gasteiger partial charge in [-0.1, -0.05) is 0 Å². The third-order valence-corrected chi connectivity index (χ3v) is 5.82. The highest BCUT2D eigenvalue weighted by Crippen LogP contribution is 2.43. The summed E-state index contributed by atoms with van der Waals surface area (Å²) in [6.07, 6.45) is 2.56. The molecule has 3 heterocycles. The second kappa shape index (κ2) is 5.79. The molecule has 0 atom stereocenters. The van der Waals surface area contributed by atoms with E-state index in [2.05, 4.69) is 33.4 Å². The van der Waals surface area contributed by atoms with Crippen LogP contribution in [0.15, 0.2) is 30.3 Å². The first kappa shape index (κ1) is 15.8. The van der Waals surface area contributed by atoms with Crippen LogP contribution < -0.4 is 5.32 Å². The van der Waals surface area contributed by atoms with Crippen molar-refractivity contribution in [2.24, 2.45) is 0 Å². The topological polar surface area (TPSA) is 77.1 Å². The number of hydrogen-bond acceptors (Lipinski definition) is 5. The Morgan fingerprint density at radius 3 is 2.81 bits per heavy atom. The van der Waals surface area contributed by atoms with Crippen LogP contribution in [0.1, 0.15) is 24.1 Å². The first-order valence-electron chi connectivity index (χ1n) is 9.24. The number of H-pyrrole nitrogens is 1. The standard InChI is InChI=1S/C20H23N5O/c1-13-18-15(11-25-9-8-21-12-20(25)6-7-20)10-17(22-19(18)24-23-13)14-2-4-16(26)5-3-14/h2-5,10,21,26H,6-9,11-12H2,1H3,(H,22,23,24). The Bertz CT molecular complexity index is 958. The summed E-state index contributed by atoms with van der Waals surface area (Å²) in [5.41, 5.74) is 5.36. The van der Waals surface area contributed by atoms with Gasteiger partial charge in [0.1, 0.15) is 5.75 Å². The van der Waals surface area contributed by atoms with Crippen molar-refractivity contribution < 1.29 is 5.11 Å². The number of aryl methyl sites for hydroxylation is 1. The van der Waals surface area contributed by atoms with Gasteiger partial charge in [0, 0.05) is 48.4 Å². The molecule has 0 unspecified atom stereocenters. The number of nitrogens with zero attached hydrogens (tertiary/aromatic N) is 3. The second-order valence-corrected chi connectivity index (χ2v) is 7.58. The number of aromatic amines is 1. The molecule has 134 valence electrons. The fraction of sp³-hybridized carbons (Fsp3) is 0.400. The van der Waals surface area contributed by atoms with Crippen molar-refractivity contribution in [3.05, 3.63) is 41.6 Å². The first-order valence-corrected chi connectivity index (χ1v) is 9.24. The number of rotatable bonds is 3. The predicted octanol–water partition coefficient (Wildman–Crippen LogP) is 2.58. The fourth-order valence-corrected chi connectivity index (χ4v) is 4.14. The average Bonchev–Trinajstić information content (AvgIpc) is 3.32. The minimum atomic E-state index is 0.266. The van der Waals surface area contributed by atoms with Crippen LogP contribution >= 0.6 is 0 Å². The number of pyridine rings is 1. The number of aromatic hydroxyl groups is 1. The number of aromatic nitrogens is 3. The Balaban J connectivity index is 1.58. The molecule has 1 aliphatic heterocycles. The molecule has 0 radical (unpaired) electrons. The maximum absolute atomic E-state index is 9.56. The molecule has 3 aromatic rings. The van der Waals surface area contributed by atoms with E-state index < -0.39 is 0 Å². The molecule has 1 aliphatic carbocycles. The third kappa shape index (κ3) is 2.57. The Morgan fingerprint density at radius 2 is 2.04 bits per heavy atom. The highest BCUT2D eigenvalue weighted by Gasteiger charge is 2.48. The van der Waals surface area contributed by atoms with Crippen LogP contribution in [0.5, 0.6) is 5.75 Å². The molecule has 6 nitrogen and oxygen atoms in total. The van der Waals surface area contributed by atoms with Crippen molar-refractivity contribution in [1.29, 1.82) is 0 Å². The summed E-state index contributed by atoms with van der Waals surface area (Å²) in [6.45, 7) is 6.20. The predicted molar refractivity (Wildman–Crippen MR) is 101 cm³/mol. The molecule has 2 aromatic heterocycles. The molecule has 2 aliphatic rings. The van der Waals surface area contributed by atoms with Crippen LogP contribution in [-0.4, -0.2) is 50.4 Å². The van der Waals surface area contributed by atoms with Crippen LogP contribution in [0.4, 0.5) is 0 Å². The van der Waals surface area contributed by atoms with Crippen molar-refractivity contribution in [3.8, 4) is 17.0 Å². The van der Waals surface area contributed by atoms with Gasteiger partial charge in [-0.25, -0.2) is 4.98 Å². The summed E-state index contributed by atoms with van der Waals surface area (Å²) >= 11 is 0. The smallest absolute Gasteiger partial charge is 0.182 e. The van der Waals surface area contributed by atoms with E-state index in [4.69, 9.17) is 4.98 Å². The molecule has 1 saturated carbocycles. The lowest BCUT2D eigenvalue weighted by Gasteiger charge is -2.37. The zero-order valence-electron chi connectivity index (χ0n) is 14.9. The highest BCUT2D eigenvalue weighted by atomic mass is 16.3. The summed E-state index contributed by atoms with van der Waals surface area (Å²) in [6, 6.07) is 9.40. The molecule has 0 bridgehead atoms. The maximum Gasteiger partial charge on any atom is 0.182 e. The summed E-state index contributed by atoms with van der Waals surface area (Å²) in [4.78, 5) is 7.38. The summed E-state index contributed by atoms with van der Waals surface area (Å²) < 4.78 is 0. The second-order valence-electron chi connectivity index (χ2n) is 7.58. The van der Waals surface area contributed by atoms with Gasteiger partial charge in [-0.2, -0.15) is 5.10 Å². The summed E-state index contributed by atoms with van der Waals surface area (Å²) in [7, 11) is 0. The normalized spacial score (nSPS) is 19.3. The molecule has 1 saturated heterocycles. The van der Waals surface area contributed by atoms with Gasteiger partial charge in [0.2, 0.25) is 0 Å². The molecular formula is C20H23N5O. The molecule has 0 amide bonds. The number of benzene rings is 1. The van der Waals surface area contributed by atoms with Crippen molar-refractivity contribution >= 4 is 11.0 Å². The van der Waals surface area contributed by atoms with Crippen LogP contribution in [0, 0.1) is 6.92 Å². The molecule has 2 fully saturated rings. The molecule has 26 heavy (non-hydrogen) atoms. The van der Waals surface area contributed by atoms with Gasteiger partial charge < -0.3 is 10.4 Å². The van der Waals surface area contributed by atoms with Gasteiger partial charge in [-0.05, 0) is 55.7 Å². The van der Waals surface area contributed by atoms with E-state index in [1.165, 1.54) is 18.4 Å². The number of phenolic OH excluding ortho intramolecular Hbond substituents is 1. The Morgan fingerprint density at radius 1 is 1.23 bits per heavy atom. The van der Waals surface area contributed by atoms with Crippen LogP contribution in [0.25, 0.3) is 22.3 Å². The van der Waals surface area contributed by atoms with E-state index in [1.54, 1.807) is 12.1 Å². The molecule has 3 N–H and O–H groups in total. The van der Waals surface area contributed by atoms with Crippen LogP contribution in [0.2, 0.25) is 0 Å². The van der Waals surface area contributed by atoms with E-state index >= 15 is 0 Å². The zero-order valence-corrected chi connectivity index (χ0v) is 14.9. The molecule has 1 spiro atoms. The van der Waals surface area contributed by atoms with Gasteiger partial charge in [-0.3, -0.25) is 10.00 Å². The fourth-order valence-electron chi connectivity index (χ4n) is 4.14. The van der Waals surface area contributed by atoms with E-state index in [0.717, 1.165) is 54.2 Å². The Labute approximate surface area is 152 Å². The quantitative estimate of drug-likeness (QED) is 0.677. The number of piperazine rings is 1. The van der Waals surface area contributed by atoms with Gasteiger partial charge >= 0.3 is 0 Å². The van der Waals surface area contributed by atoms with E-state index in [9.17, 15) is 5.11 Å². The monoisotopic (exact) mass is 349 g/mol. The highest BCUT2D eigenvalue weighted by molar-refractivity contribution is 5.84. The molecule has 6 heteroatoms. The summed E-state index contributed by atoms with van der Waals surface area (Å²) in [5, 5.41) is 21.8. The molecular weight excluding hydrogens is 326 g/mol. The zero-order chi connectivity index (χ0) is 17.7. The van der Waals surface area contributed by atoms with Gasteiger partial charge in [-0.15, -0.1) is 0 Å². The largest absolute Gasteiger partial charge is 0.508 e. The minimum absolute atomic E-state index is 0.266.